The molecule has 27 heavy (non-hydrogen) atoms. The zero-order valence-electron chi connectivity index (χ0n) is 16.1. The quantitative estimate of drug-likeness (QED) is 0.695. The molecule has 0 spiro atoms. The molecule has 2 aromatic rings. The summed E-state index contributed by atoms with van der Waals surface area (Å²) in [7, 11) is 1.66. The topological polar surface area (TPSA) is 100 Å². The number of rotatable bonds is 8. The van der Waals surface area contributed by atoms with Crippen molar-refractivity contribution in [2.45, 2.75) is 45.2 Å². The van der Waals surface area contributed by atoms with E-state index < -0.39 is 0 Å². The molecule has 0 bridgehead atoms. The van der Waals surface area contributed by atoms with Crippen molar-refractivity contribution in [3.8, 4) is 5.75 Å². The number of nitrogens with one attached hydrogen (secondary N) is 1. The molecule has 1 saturated heterocycles. The normalized spacial score (nSPS) is 21.0. The molecule has 1 aliphatic rings. The lowest BCUT2D eigenvalue weighted by Crippen LogP contribution is -3.13. The Balaban J connectivity index is 1.74. The number of benzene rings is 1. The Hall–Kier alpha value is -2.48. The Kier molecular flexibility index (Phi) is 6.39. The maximum absolute atomic E-state index is 11.5. The van der Waals surface area contributed by atoms with Gasteiger partial charge in [0.25, 0.3) is 0 Å². The number of carbonyl (C=O) groups is 1. The molecule has 2 heterocycles. The molecule has 1 aromatic carbocycles. The molecule has 3 N–H and O–H groups in total. The van der Waals surface area contributed by atoms with Crippen LogP contribution in [0.4, 0.5) is 0 Å². The van der Waals surface area contributed by atoms with Gasteiger partial charge in [0, 0.05) is 25.2 Å². The van der Waals surface area contributed by atoms with E-state index in [0.717, 1.165) is 55.9 Å². The summed E-state index contributed by atoms with van der Waals surface area (Å²) in [5.41, 5.74) is 6.61. The molecular weight excluding hydrogens is 344 g/mol. The molecule has 3 rings (SSSR count). The standard InChI is InChI=1S/C19H28N6O2/c1-3-4-17(24-11-9-15(10-12-24)18(20)26)19-21-22-23-25(19)13-14-5-7-16(27-2)8-6-14/h5-8,15,17H,3-4,9-13H2,1-2H3,(H2,20,26)/p+1/t17-/m0/s1. The van der Waals surface area contributed by atoms with E-state index in [0.29, 0.717) is 6.54 Å². The molecule has 0 saturated carbocycles. The summed E-state index contributed by atoms with van der Waals surface area (Å²) in [4.78, 5) is 12.9. The molecular formula is C19H29N6O2+. The van der Waals surface area contributed by atoms with Gasteiger partial charge in [-0.05, 0) is 28.1 Å². The zero-order valence-corrected chi connectivity index (χ0v) is 16.1. The van der Waals surface area contributed by atoms with E-state index in [1.165, 1.54) is 4.90 Å². The predicted octanol–water partition coefficient (Wildman–Crippen LogP) is 0.351. The molecule has 1 atom stereocenters. The fourth-order valence-electron chi connectivity index (χ4n) is 3.90. The number of aromatic nitrogens is 4. The highest BCUT2D eigenvalue weighted by atomic mass is 16.5. The maximum Gasteiger partial charge on any atom is 0.220 e. The van der Waals surface area contributed by atoms with Crippen LogP contribution in [-0.2, 0) is 11.3 Å². The first kappa shape index (κ1) is 19.3. The summed E-state index contributed by atoms with van der Waals surface area (Å²) in [5, 5.41) is 12.5. The maximum atomic E-state index is 11.5. The van der Waals surface area contributed by atoms with Crippen LogP contribution in [0.5, 0.6) is 5.75 Å². The summed E-state index contributed by atoms with van der Waals surface area (Å²) in [5.74, 6) is 1.58. The first-order valence-corrected chi connectivity index (χ1v) is 9.65. The van der Waals surface area contributed by atoms with Gasteiger partial charge < -0.3 is 15.4 Å². The molecule has 8 heteroatoms. The highest BCUT2D eigenvalue weighted by molar-refractivity contribution is 5.76. The number of nitrogens with zero attached hydrogens (tertiary/aromatic N) is 4. The zero-order chi connectivity index (χ0) is 19.2. The monoisotopic (exact) mass is 373 g/mol. The van der Waals surface area contributed by atoms with Crippen LogP contribution in [0.3, 0.4) is 0 Å². The molecule has 1 aliphatic heterocycles. The molecule has 8 nitrogen and oxygen atoms in total. The van der Waals surface area contributed by atoms with E-state index in [1.807, 2.05) is 28.9 Å². The number of primary amides is 1. The molecule has 146 valence electrons. The average molecular weight is 373 g/mol. The van der Waals surface area contributed by atoms with Gasteiger partial charge in [0.2, 0.25) is 11.7 Å². The Labute approximate surface area is 159 Å². The number of hydrogen-bond donors (Lipinski definition) is 2. The van der Waals surface area contributed by atoms with Gasteiger partial charge in [-0.15, -0.1) is 5.10 Å². The van der Waals surface area contributed by atoms with Crippen molar-refractivity contribution in [3.05, 3.63) is 35.7 Å². The van der Waals surface area contributed by atoms with Crippen LogP contribution in [-0.4, -0.2) is 46.3 Å². The highest BCUT2D eigenvalue weighted by Crippen LogP contribution is 2.18. The minimum Gasteiger partial charge on any atom is -0.497 e. The second-order valence-corrected chi connectivity index (χ2v) is 7.22. The Morgan fingerprint density at radius 3 is 2.63 bits per heavy atom. The molecule has 0 radical (unpaired) electrons. The van der Waals surface area contributed by atoms with Gasteiger partial charge in [-0.25, -0.2) is 4.68 Å². The van der Waals surface area contributed by atoms with Crippen LogP contribution in [0, 0.1) is 5.92 Å². The second-order valence-electron chi connectivity index (χ2n) is 7.22. The Bertz CT molecular complexity index is 737. The van der Waals surface area contributed by atoms with Gasteiger partial charge in [-0.1, -0.05) is 25.5 Å². The van der Waals surface area contributed by atoms with Gasteiger partial charge in [0.1, 0.15) is 11.8 Å². The van der Waals surface area contributed by atoms with E-state index in [9.17, 15) is 4.79 Å². The summed E-state index contributed by atoms with van der Waals surface area (Å²) < 4.78 is 7.12. The van der Waals surface area contributed by atoms with Crippen molar-refractivity contribution in [2.75, 3.05) is 20.2 Å². The van der Waals surface area contributed by atoms with Crippen molar-refractivity contribution in [1.82, 2.24) is 20.2 Å². The van der Waals surface area contributed by atoms with Crippen molar-refractivity contribution in [3.63, 3.8) is 0 Å². The second kappa shape index (κ2) is 8.94. The van der Waals surface area contributed by atoms with E-state index in [1.54, 1.807) is 7.11 Å². The van der Waals surface area contributed by atoms with Crippen molar-refractivity contribution >= 4 is 5.91 Å². The average Bonchev–Trinajstić information content (AvgIpc) is 3.14. The van der Waals surface area contributed by atoms with Crippen LogP contribution >= 0.6 is 0 Å². The highest BCUT2D eigenvalue weighted by Gasteiger charge is 2.34. The van der Waals surface area contributed by atoms with Crippen molar-refractivity contribution < 1.29 is 14.4 Å². The van der Waals surface area contributed by atoms with Crippen molar-refractivity contribution in [2.24, 2.45) is 11.7 Å². The van der Waals surface area contributed by atoms with Gasteiger partial charge >= 0.3 is 0 Å². The first-order chi connectivity index (χ1) is 13.1. The number of carbonyl (C=O) groups excluding carboxylic acids is 1. The number of nitrogens with two attached hydrogens (primary N) is 1. The third-order valence-electron chi connectivity index (χ3n) is 5.46. The van der Waals surface area contributed by atoms with E-state index in [4.69, 9.17) is 10.5 Å². The van der Waals surface area contributed by atoms with Crippen LogP contribution in [0.15, 0.2) is 24.3 Å². The van der Waals surface area contributed by atoms with E-state index in [2.05, 4.69) is 22.4 Å². The SMILES string of the molecule is CCC[C@@H](c1nnnn1Cc1ccc(OC)cc1)[NH+]1CCC(C(N)=O)CC1. The summed E-state index contributed by atoms with van der Waals surface area (Å²) in [6.07, 6.45) is 3.75. The Morgan fingerprint density at radius 2 is 2.04 bits per heavy atom. The molecule has 1 aromatic heterocycles. The third kappa shape index (κ3) is 4.63. The number of tetrazole rings is 1. The van der Waals surface area contributed by atoms with Gasteiger partial charge in [-0.2, -0.15) is 0 Å². The van der Waals surface area contributed by atoms with Crippen LogP contribution in [0.1, 0.15) is 50.0 Å². The molecule has 0 unspecified atom stereocenters. The summed E-state index contributed by atoms with van der Waals surface area (Å²) in [6.45, 7) is 4.66. The van der Waals surface area contributed by atoms with Crippen LogP contribution in [0.25, 0.3) is 0 Å². The largest absolute Gasteiger partial charge is 0.497 e. The third-order valence-corrected chi connectivity index (χ3v) is 5.46. The lowest BCUT2D eigenvalue weighted by atomic mass is 9.94. The van der Waals surface area contributed by atoms with Crippen LogP contribution < -0.4 is 15.4 Å². The van der Waals surface area contributed by atoms with Gasteiger partial charge in [0.05, 0.1) is 26.7 Å². The molecule has 1 fully saturated rings. The lowest BCUT2D eigenvalue weighted by Gasteiger charge is -2.33. The smallest absolute Gasteiger partial charge is 0.220 e. The van der Waals surface area contributed by atoms with E-state index in [-0.39, 0.29) is 17.9 Å². The van der Waals surface area contributed by atoms with E-state index >= 15 is 0 Å². The number of hydrogen-bond acceptors (Lipinski definition) is 5. The number of amides is 1. The predicted molar refractivity (Wildman–Crippen MR) is 100 cm³/mol. The van der Waals surface area contributed by atoms with Gasteiger partial charge in [0.15, 0.2) is 0 Å². The first-order valence-electron chi connectivity index (χ1n) is 9.65. The summed E-state index contributed by atoms with van der Waals surface area (Å²) >= 11 is 0. The van der Waals surface area contributed by atoms with Gasteiger partial charge in [-0.3, -0.25) is 4.79 Å². The lowest BCUT2D eigenvalue weighted by molar-refractivity contribution is -0.938. The number of piperidine rings is 1. The van der Waals surface area contributed by atoms with Crippen molar-refractivity contribution in [1.29, 1.82) is 0 Å². The fourth-order valence-corrected chi connectivity index (χ4v) is 3.90. The number of ether oxygens (including phenoxy) is 1. The minimum atomic E-state index is -0.176. The fraction of sp³-hybridized carbons (Fsp3) is 0.579. The molecule has 0 aliphatic carbocycles. The van der Waals surface area contributed by atoms with Crippen LogP contribution in [0.2, 0.25) is 0 Å². The minimum absolute atomic E-state index is 0.00585. The number of methoxy groups -OCH3 is 1. The number of quaternary nitrogens is 1. The summed E-state index contributed by atoms with van der Waals surface area (Å²) in [6, 6.07) is 8.19. The molecule has 1 amide bonds. The number of likely N-dealkylation sites (tertiary alicyclic amines) is 1. The Morgan fingerprint density at radius 1 is 1.33 bits per heavy atom.